The molecule has 0 unspecified atom stereocenters. The van der Waals surface area contributed by atoms with Crippen molar-refractivity contribution < 1.29 is 8.42 Å². The van der Waals surface area contributed by atoms with Crippen LogP contribution in [0, 0.1) is 5.92 Å². The Kier molecular flexibility index (Phi) is 3.33. The highest BCUT2D eigenvalue weighted by atomic mass is 32.2. The highest BCUT2D eigenvalue weighted by Crippen LogP contribution is 2.29. The fourth-order valence-corrected chi connectivity index (χ4v) is 4.36. The lowest BCUT2D eigenvalue weighted by molar-refractivity contribution is 0.255. The molecule has 88 valence electrons. The van der Waals surface area contributed by atoms with Gasteiger partial charge in [0.2, 0.25) is 10.0 Å². The fourth-order valence-electron chi connectivity index (χ4n) is 2.55. The summed E-state index contributed by atoms with van der Waals surface area (Å²) in [5.74, 6) is 0.529. The number of rotatable bonds is 4. The molecule has 0 aliphatic heterocycles. The number of hydrogen-bond acceptors (Lipinski definition) is 3. The van der Waals surface area contributed by atoms with Crippen LogP contribution in [0.1, 0.15) is 38.5 Å². The van der Waals surface area contributed by atoms with E-state index in [4.69, 9.17) is 5.73 Å². The van der Waals surface area contributed by atoms with E-state index in [1.807, 2.05) is 0 Å². The monoisotopic (exact) mass is 232 g/mol. The molecule has 2 aliphatic rings. The van der Waals surface area contributed by atoms with Crippen molar-refractivity contribution in [3.63, 3.8) is 0 Å². The summed E-state index contributed by atoms with van der Waals surface area (Å²) in [7, 11) is -3.04. The zero-order valence-corrected chi connectivity index (χ0v) is 9.80. The van der Waals surface area contributed by atoms with Crippen LogP contribution >= 0.6 is 0 Å². The van der Waals surface area contributed by atoms with E-state index in [0.717, 1.165) is 38.5 Å². The molecule has 0 aromatic carbocycles. The number of sulfonamides is 1. The minimum absolute atomic E-state index is 0.130. The molecule has 2 fully saturated rings. The Morgan fingerprint density at radius 2 is 1.80 bits per heavy atom. The third kappa shape index (κ3) is 2.52. The predicted molar refractivity (Wildman–Crippen MR) is 59.9 cm³/mol. The van der Waals surface area contributed by atoms with Gasteiger partial charge in [0.1, 0.15) is 0 Å². The molecule has 15 heavy (non-hydrogen) atoms. The summed E-state index contributed by atoms with van der Waals surface area (Å²) in [5, 5.41) is -0.130. The quantitative estimate of drug-likeness (QED) is 0.745. The van der Waals surface area contributed by atoms with Crippen LogP contribution in [0.25, 0.3) is 0 Å². The first-order valence-electron chi connectivity index (χ1n) is 5.83. The van der Waals surface area contributed by atoms with Gasteiger partial charge in [-0.05, 0) is 38.1 Å². The van der Waals surface area contributed by atoms with Crippen LogP contribution in [0.15, 0.2) is 0 Å². The second-order valence-corrected chi connectivity index (χ2v) is 6.83. The first kappa shape index (κ1) is 11.4. The van der Waals surface area contributed by atoms with Crippen LogP contribution in [0.2, 0.25) is 0 Å². The summed E-state index contributed by atoms with van der Waals surface area (Å²) in [6.07, 6.45) is 5.62. The molecule has 0 bridgehead atoms. The second kappa shape index (κ2) is 4.39. The lowest BCUT2D eigenvalue weighted by Crippen LogP contribution is -2.48. The maximum absolute atomic E-state index is 11.9. The first-order chi connectivity index (χ1) is 7.12. The molecule has 2 saturated carbocycles. The van der Waals surface area contributed by atoms with E-state index in [1.54, 1.807) is 0 Å². The van der Waals surface area contributed by atoms with Gasteiger partial charge in [0.15, 0.2) is 0 Å². The van der Waals surface area contributed by atoms with Crippen molar-refractivity contribution in [2.24, 2.45) is 11.7 Å². The molecule has 0 radical (unpaired) electrons. The van der Waals surface area contributed by atoms with Gasteiger partial charge in [-0.25, -0.2) is 13.1 Å². The minimum atomic E-state index is -3.04. The van der Waals surface area contributed by atoms with Gasteiger partial charge in [-0.15, -0.1) is 0 Å². The lowest BCUT2D eigenvalue weighted by atomic mass is 9.81. The third-order valence-corrected chi connectivity index (χ3v) is 5.65. The summed E-state index contributed by atoms with van der Waals surface area (Å²) in [5.41, 5.74) is 5.50. The second-order valence-electron chi connectivity index (χ2n) is 4.84. The number of nitrogens with two attached hydrogens (primary N) is 1. The van der Waals surface area contributed by atoms with E-state index in [2.05, 4.69) is 4.72 Å². The topological polar surface area (TPSA) is 72.2 Å². The lowest BCUT2D eigenvalue weighted by Gasteiger charge is -2.35. The summed E-state index contributed by atoms with van der Waals surface area (Å²) >= 11 is 0. The van der Waals surface area contributed by atoms with Gasteiger partial charge in [-0.2, -0.15) is 0 Å². The molecule has 3 N–H and O–H groups in total. The van der Waals surface area contributed by atoms with Crippen LogP contribution < -0.4 is 10.5 Å². The Morgan fingerprint density at radius 3 is 2.33 bits per heavy atom. The van der Waals surface area contributed by atoms with Gasteiger partial charge in [-0.1, -0.05) is 12.8 Å². The maximum atomic E-state index is 11.9. The van der Waals surface area contributed by atoms with E-state index in [9.17, 15) is 8.42 Å². The van der Waals surface area contributed by atoms with Gasteiger partial charge in [-0.3, -0.25) is 0 Å². The van der Waals surface area contributed by atoms with E-state index in [1.165, 1.54) is 0 Å². The molecule has 0 atom stereocenters. The van der Waals surface area contributed by atoms with Gasteiger partial charge in [0.25, 0.3) is 0 Å². The van der Waals surface area contributed by atoms with Gasteiger partial charge >= 0.3 is 0 Å². The molecule has 0 aromatic rings. The average Bonchev–Trinajstić information content (AvgIpc) is 2.63. The van der Waals surface area contributed by atoms with Crippen molar-refractivity contribution in [2.45, 2.75) is 49.8 Å². The van der Waals surface area contributed by atoms with Crippen molar-refractivity contribution in [1.29, 1.82) is 0 Å². The van der Waals surface area contributed by atoms with Gasteiger partial charge < -0.3 is 5.73 Å². The molecule has 5 heteroatoms. The molecule has 4 nitrogen and oxygen atoms in total. The van der Waals surface area contributed by atoms with E-state index >= 15 is 0 Å². The Morgan fingerprint density at radius 1 is 1.20 bits per heavy atom. The zero-order valence-electron chi connectivity index (χ0n) is 8.98. The molecular formula is C10H20N2O2S. The van der Waals surface area contributed by atoms with Gasteiger partial charge in [0.05, 0.1) is 5.25 Å². The van der Waals surface area contributed by atoms with Gasteiger partial charge in [0, 0.05) is 6.04 Å². The van der Waals surface area contributed by atoms with Crippen LogP contribution in [0.4, 0.5) is 0 Å². The Bertz CT molecular complexity index is 303. The summed E-state index contributed by atoms with van der Waals surface area (Å²) in [6.45, 7) is 0.682. The standard InChI is InChI=1S/C10H20N2O2S/c11-7-8-5-9(6-8)12-15(13,14)10-3-1-2-4-10/h8-10,12H,1-7,11H2. The van der Waals surface area contributed by atoms with Crippen LogP contribution in [0.5, 0.6) is 0 Å². The van der Waals surface area contributed by atoms with Crippen molar-refractivity contribution in [2.75, 3.05) is 6.54 Å². The highest BCUT2D eigenvalue weighted by Gasteiger charge is 2.35. The van der Waals surface area contributed by atoms with Crippen molar-refractivity contribution in [3.05, 3.63) is 0 Å². The first-order valence-corrected chi connectivity index (χ1v) is 7.37. The predicted octanol–water partition coefficient (Wildman–Crippen LogP) is 0.586. The van der Waals surface area contributed by atoms with Crippen LogP contribution in [0.3, 0.4) is 0 Å². The highest BCUT2D eigenvalue weighted by molar-refractivity contribution is 7.90. The molecule has 0 aromatic heterocycles. The van der Waals surface area contributed by atoms with Crippen molar-refractivity contribution >= 4 is 10.0 Å². The van der Waals surface area contributed by atoms with Crippen molar-refractivity contribution in [3.8, 4) is 0 Å². The summed E-state index contributed by atoms with van der Waals surface area (Å²) in [4.78, 5) is 0. The Balaban J connectivity index is 1.83. The van der Waals surface area contributed by atoms with E-state index < -0.39 is 10.0 Å². The summed E-state index contributed by atoms with van der Waals surface area (Å²) < 4.78 is 26.6. The zero-order chi connectivity index (χ0) is 10.9. The Labute approximate surface area is 91.7 Å². The van der Waals surface area contributed by atoms with Crippen LogP contribution in [-0.2, 0) is 10.0 Å². The minimum Gasteiger partial charge on any atom is -0.330 e. The molecule has 0 amide bonds. The van der Waals surface area contributed by atoms with Crippen LogP contribution in [-0.4, -0.2) is 26.3 Å². The van der Waals surface area contributed by atoms with Crippen molar-refractivity contribution in [1.82, 2.24) is 4.72 Å². The molecule has 0 heterocycles. The number of nitrogens with one attached hydrogen (secondary N) is 1. The smallest absolute Gasteiger partial charge is 0.214 e. The SMILES string of the molecule is NCC1CC(NS(=O)(=O)C2CCCC2)C1. The maximum Gasteiger partial charge on any atom is 0.214 e. The molecule has 2 aliphatic carbocycles. The fraction of sp³-hybridized carbons (Fsp3) is 1.00. The third-order valence-electron chi connectivity index (χ3n) is 3.64. The molecular weight excluding hydrogens is 212 g/mol. The van der Waals surface area contributed by atoms with E-state index in [-0.39, 0.29) is 11.3 Å². The number of hydrogen-bond donors (Lipinski definition) is 2. The average molecular weight is 232 g/mol. The Hall–Kier alpha value is -0.130. The molecule has 2 rings (SSSR count). The molecule has 0 spiro atoms. The largest absolute Gasteiger partial charge is 0.330 e. The normalized spacial score (nSPS) is 32.9. The summed E-state index contributed by atoms with van der Waals surface area (Å²) in [6, 6.07) is 0.157. The molecule has 0 saturated heterocycles. The van der Waals surface area contributed by atoms with E-state index in [0.29, 0.717) is 12.5 Å².